The van der Waals surface area contributed by atoms with E-state index in [1.54, 1.807) is 19.1 Å². The molecule has 37 heavy (non-hydrogen) atoms. The van der Waals surface area contributed by atoms with Crippen LogP contribution < -0.4 is 33.0 Å². The number of aryl methyl sites for hydroxylation is 1. The fourth-order valence-corrected chi connectivity index (χ4v) is 3.32. The molecular weight excluding hydrogens is 508 g/mol. The van der Waals surface area contributed by atoms with E-state index < -0.39 is 35.4 Å². The van der Waals surface area contributed by atoms with Crippen LogP contribution in [0.25, 0.3) is 11.0 Å². The topological polar surface area (TPSA) is 219 Å². The van der Waals surface area contributed by atoms with Gasteiger partial charge in [-0.05, 0) is 43.9 Å². The lowest BCUT2D eigenvalue weighted by molar-refractivity contribution is -0.137. The minimum Gasteiger partial charge on any atom is -0.481 e. The van der Waals surface area contributed by atoms with Crippen molar-refractivity contribution >= 4 is 58.7 Å². The Labute approximate surface area is 218 Å². The number of amides is 3. The highest BCUT2D eigenvalue weighted by Crippen LogP contribution is 2.21. The van der Waals surface area contributed by atoms with Crippen molar-refractivity contribution in [2.24, 2.45) is 16.5 Å². The number of carboxylic acids is 1. The molecule has 2 rings (SSSR count). The largest absolute Gasteiger partial charge is 0.481 e. The molecule has 8 N–H and O–H groups in total. The predicted octanol–water partition coefficient (Wildman–Crippen LogP) is 0.371. The highest BCUT2D eigenvalue weighted by atomic mass is 35.5. The molecule has 202 valence electrons. The second kappa shape index (κ2) is 15.1. The summed E-state index contributed by atoms with van der Waals surface area (Å²) in [6.07, 6.45) is 0.519. The predicted molar refractivity (Wildman–Crippen MR) is 139 cm³/mol. The van der Waals surface area contributed by atoms with Gasteiger partial charge in [-0.15, -0.1) is 12.4 Å². The van der Waals surface area contributed by atoms with E-state index >= 15 is 0 Å². The highest BCUT2D eigenvalue weighted by molar-refractivity contribution is 5.99. The van der Waals surface area contributed by atoms with Crippen molar-refractivity contribution in [3.05, 3.63) is 40.2 Å². The first-order valence-electron chi connectivity index (χ1n) is 11.2. The average Bonchev–Trinajstić information content (AvgIpc) is 2.78. The van der Waals surface area contributed by atoms with Crippen LogP contribution in [0.15, 0.2) is 38.5 Å². The van der Waals surface area contributed by atoms with E-state index in [2.05, 4.69) is 20.9 Å². The maximum absolute atomic E-state index is 12.9. The molecule has 1 atom stereocenters. The molecule has 0 aliphatic rings. The third-order valence-electron chi connectivity index (χ3n) is 5.06. The first-order chi connectivity index (χ1) is 17.0. The van der Waals surface area contributed by atoms with Crippen LogP contribution in [0.1, 0.15) is 37.7 Å². The molecule has 1 unspecified atom stereocenters. The second-order valence-corrected chi connectivity index (χ2v) is 8.04. The summed E-state index contributed by atoms with van der Waals surface area (Å²) < 4.78 is 5.20. The standard InChI is InChI=1S/C23H30N6O7.ClH/c1-13-10-21(34)36-17-11-14(7-8-15(13)17)28-22(35)16(4-3-9-26-23(24)25)29-19(31)12-27-18(30)5-2-6-20(32)33;/h7-8,10-11,16H,2-6,9,12H2,1H3,(H,27,30)(H,28,35)(H,29,31)(H,32,33)(H4,24,25,26);1H. The van der Waals surface area contributed by atoms with Gasteiger partial charge < -0.3 is 36.9 Å². The zero-order chi connectivity index (χ0) is 26.7. The molecule has 0 radical (unpaired) electrons. The number of carboxylic acid groups (broad SMARTS) is 1. The fourth-order valence-electron chi connectivity index (χ4n) is 3.32. The van der Waals surface area contributed by atoms with E-state index in [0.717, 1.165) is 5.56 Å². The van der Waals surface area contributed by atoms with Crippen molar-refractivity contribution in [1.29, 1.82) is 0 Å². The van der Waals surface area contributed by atoms with Crippen LogP contribution in [0, 0.1) is 6.92 Å². The van der Waals surface area contributed by atoms with E-state index in [0.29, 0.717) is 23.1 Å². The zero-order valence-electron chi connectivity index (χ0n) is 20.2. The highest BCUT2D eigenvalue weighted by Gasteiger charge is 2.21. The minimum absolute atomic E-state index is 0. The maximum atomic E-state index is 12.9. The van der Waals surface area contributed by atoms with E-state index in [4.69, 9.17) is 21.0 Å². The molecule has 0 saturated carbocycles. The van der Waals surface area contributed by atoms with Crippen LogP contribution in [0.2, 0.25) is 0 Å². The number of benzene rings is 1. The Balaban J connectivity index is 0.00000684. The maximum Gasteiger partial charge on any atom is 0.336 e. The molecule has 1 heterocycles. The Bertz CT molecular complexity index is 1210. The molecule has 0 saturated heterocycles. The number of aliphatic imine (C=N–C) groups is 1. The van der Waals surface area contributed by atoms with E-state index in [-0.39, 0.29) is 57.1 Å². The van der Waals surface area contributed by atoms with E-state index in [1.807, 2.05) is 0 Å². The molecule has 1 aromatic heterocycles. The molecular formula is C23H31ClN6O7. The number of nitrogens with one attached hydrogen (secondary N) is 3. The molecule has 13 nitrogen and oxygen atoms in total. The lowest BCUT2D eigenvalue weighted by Crippen LogP contribution is -2.47. The smallest absolute Gasteiger partial charge is 0.336 e. The summed E-state index contributed by atoms with van der Waals surface area (Å²) in [7, 11) is 0. The average molecular weight is 539 g/mol. The molecule has 2 aromatic rings. The van der Waals surface area contributed by atoms with Crippen molar-refractivity contribution in [2.75, 3.05) is 18.4 Å². The number of hydrogen-bond donors (Lipinski definition) is 6. The number of anilines is 1. The fraction of sp³-hybridized carbons (Fsp3) is 0.391. The van der Waals surface area contributed by atoms with Crippen LogP contribution in [0.5, 0.6) is 0 Å². The van der Waals surface area contributed by atoms with Crippen molar-refractivity contribution in [3.63, 3.8) is 0 Å². The van der Waals surface area contributed by atoms with Crippen LogP contribution in [0.3, 0.4) is 0 Å². The number of rotatable bonds is 13. The van der Waals surface area contributed by atoms with Crippen LogP contribution in [0.4, 0.5) is 5.69 Å². The van der Waals surface area contributed by atoms with Gasteiger partial charge in [0, 0.05) is 42.6 Å². The van der Waals surface area contributed by atoms with Gasteiger partial charge in [0.1, 0.15) is 11.6 Å². The number of guanidine groups is 1. The summed E-state index contributed by atoms with van der Waals surface area (Å²) in [6, 6.07) is 5.25. The van der Waals surface area contributed by atoms with Gasteiger partial charge in [0.05, 0.1) is 6.54 Å². The van der Waals surface area contributed by atoms with Crippen LogP contribution in [-0.4, -0.2) is 53.9 Å². The van der Waals surface area contributed by atoms with Crippen molar-refractivity contribution < 1.29 is 28.7 Å². The van der Waals surface area contributed by atoms with Crippen molar-refractivity contribution in [2.45, 2.75) is 45.1 Å². The number of carbonyl (C=O) groups is 4. The van der Waals surface area contributed by atoms with Gasteiger partial charge in [-0.2, -0.15) is 0 Å². The second-order valence-electron chi connectivity index (χ2n) is 8.04. The number of aliphatic carboxylic acids is 1. The zero-order valence-corrected chi connectivity index (χ0v) is 21.1. The monoisotopic (exact) mass is 538 g/mol. The van der Waals surface area contributed by atoms with Gasteiger partial charge in [-0.1, -0.05) is 0 Å². The molecule has 3 amide bonds. The van der Waals surface area contributed by atoms with Gasteiger partial charge >= 0.3 is 11.6 Å². The normalized spacial score (nSPS) is 11.1. The van der Waals surface area contributed by atoms with Crippen LogP contribution in [-0.2, 0) is 19.2 Å². The van der Waals surface area contributed by atoms with Crippen molar-refractivity contribution in [1.82, 2.24) is 10.6 Å². The SMILES string of the molecule is Cc1cc(=O)oc2cc(NC(=O)C(CCCN=C(N)N)NC(=O)CNC(=O)CCCC(=O)O)ccc12.Cl. The molecule has 0 aliphatic heterocycles. The van der Waals surface area contributed by atoms with Crippen LogP contribution >= 0.6 is 12.4 Å². The summed E-state index contributed by atoms with van der Waals surface area (Å²) in [6.45, 7) is 1.62. The third kappa shape index (κ3) is 11.0. The van der Waals surface area contributed by atoms with Gasteiger partial charge in [-0.25, -0.2) is 4.79 Å². The first-order valence-corrected chi connectivity index (χ1v) is 11.2. The van der Waals surface area contributed by atoms with E-state index in [9.17, 15) is 24.0 Å². The Morgan fingerprint density at radius 1 is 1.08 bits per heavy atom. The Kier molecular flexibility index (Phi) is 12.6. The summed E-state index contributed by atoms with van der Waals surface area (Å²) in [5.74, 6) is -2.73. The van der Waals surface area contributed by atoms with Gasteiger partial charge in [0.25, 0.3) is 0 Å². The number of fused-ring (bicyclic) bond motifs is 1. The molecule has 14 heteroatoms. The molecule has 0 spiro atoms. The summed E-state index contributed by atoms with van der Waals surface area (Å²) in [5, 5.41) is 17.0. The minimum atomic E-state index is -1.01. The Morgan fingerprint density at radius 3 is 2.49 bits per heavy atom. The first kappa shape index (κ1) is 30.9. The van der Waals surface area contributed by atoms with Crippen molar-refractivity contribution in [3.8, 4) is 0 Å². The lowest BCUT2D eigenvalue weighted by Gasteiger charge is -2.19. The summed E-state index contributed by atoms with van der Waals surface area (Å²) in [4.78, 5) is 63.2. The Morgan fingerprint density at radius 2 is 1.81 bits per heavy atom. The van der Waals surface area contributed by atoms with Gasteiger partial charge in [0.15, 0.2) is 5.96 Å². The Hall–Kier alpha value is -4.13. The molecule has 0 fully saturated rings. The molecule has 0 bridgehead atoms. The molecule has 0 aliphatic carbocycles. The summed E-state index contributed by atoms with van der Waals surface area (Å²) >= 11 is 0. The quantitative estimate of drug-likeness (QED) is 0.0895. The summed E-state index contributed by atoms with van der Waals surface area (Å²) in [5.41, 5.74) is 11.5. The van der Waals surface area contributed by atoms with E-state index in [1.165, 1.54) is 12.1 Å². The number of hydrogen-bond acceptors (Lipinski definition) is 7. The number of nitrogens with zero attached hydrogens (tertiary/aromatic N) is 1. The number of halogens is 1. The van der Waals surface area contributed by atoms with Gasteiger partial charge in [0.2, 0.25) is 17.7 Å². The van der Waals surface area contributed by atoms with Gasteiger partial charge in [-0.3, -0.25) is 24.2 Å². The number of carbonyl (C=O) groups excluding carboxylic acids is 3. The lowest BCUT2D eigenvalue weighted by atomic mass is 10.1. The third-order valence-corrected chi connectivity index (χ3v) is 5.06. The number of nitrogens with two attached hydrogens (primary N) is 2. The molecule has 1 aromatic carbocycles.